The molecule has 3 amide bonds. The van der Waals surface area contributed by atoms with E-state index in [0.29, 0.717) is 43.4 Å². The number of pyridine rings is 1. The molecular weight excluding hydrogens is 875 g/mol. The average molecular weight is 942 g/mol. The zero-order chi connectivity index (χ0) is 48.5. The van der Waals surface area contributed by atoms with Crippen molar-refractivity contribution >= 4 is 44.6 Å². The summed E-state index contributed by atoms with van der Waals surface area (Å²) >= 11 is 0. The highest BCUT2D eigenvalue weighted by atomic mass is 32.2. The average Bonchev–Trinajstić information content (AvgIpc) is 3.93. The number of hydrogen-bond donors (Lipinski definition) is 3. The minimum atomic E-state index is -3.50. The van der Waals surface area contributed by atoms with Crippen LogP contribution < -0.4 is 10.7 Å². The number of aromatic nitrogens is 2. The number of ether oxygens (including phenoxy) is 2. The quantitative estimate of drug-likeness (QED) is 0.159. The molecule has 6 bridgehead atoms. The van der Waals surface area contributed by atoms with Crippen LogP contribution in [0.1, 0.15) is 90.7 Å². The minimum absolute atomic E-state index is 0.0266. The van der Waals surface area contributed by atoms with Gasteiger partial charge in [-0.25, -0.2) is 18.1 Å². The first-order valence-electron chi connectivity index (χ1n) is 23.5. The van der Waals surface area contributed by atoms with Gasteiger partial charge in [0.25, 0.3) is 5.91 Å². The van der Waals surface area contributed by atoms with Crippen LogP contribution in [0, 0.1) is 17.3 Å². The number of phenolic OH excluding ortho intramolecular Hbond substituents is 1. The maximum absolute atomic E-state index is 14.7. The summed E-state index contributed by atoms with van der Waals surface area (Å²) in [6.07, 6.45) is 3.22. The molecule has 0 spiro atoms. The Morgan fingerprint density at radius 2 is 1.82 bits per heavy atom. The van der Waals surface area contributed by atoms with Crippen molar-refractivity contribution in [3.8, 4) is 28.1 Å². The third-order valence-electron chi connectivity index (χ3n) is 13.6. The lowest BCUT2D eigenvalue weighted by molar-refractivity contribution is -0.155. The van der Waals surface area contributed by atoms with Crippen molar-refractivity contribution in [3.63, 3.8) is 0 Å². The van der Waals surface area contributed by atoms with Crippen LogP contribution in [0.4, 0.5) is 0 Å². The number of carbonyl (C=O) groups excluding carboxylic acids is 4. The Morgan fingerprint density at radius 1 is 1.06 bits per heavy atom. The van der Waals surface area contributed by atoms with Gasteiger partial charge in [-0.3, -0.25) is 29.2 Å². The highest BCUT2D eigenvalue weighted by Crippen LogP contribution is 2.42. The standard InChI is InChI=1S/C50H67N7O9S/c1-10-56-42-17-16-33-26-38(42)39(45(56)37-14-12-19-51-43(37)31(5)65-9)27-50(6,7)29-66-49(62)40-15-13-20-57(53-40)48(61)41(24-32-22-35(33)25-36(58)23-32)52-46(59)44(30(3)4)54(8)47(60)34-18-21-55(28-34)67(63,64)11-2/h12,14,16-17,19,22-23,25-26,30-31,34,40-41,44,53,58H,10-11,13,15,18,20-21,24,27-29H2,1-9H3,(H,52,59)/t31-,34-,40-,41-,44-/m0/s1. The third kappa shape index (κ3) is 10.4. The maximum atomic E-state index is 14.7. The van der Waals surface area contributed by atoms with Crippen LogP contribution in [0.15, 0.2) is 54.7 Å². The molecule has 0 unspecified atom stereocenters. The number of aromatic hydroxyl groups is 1. The molecule has 0 aliphatic carbocycles. The van der Waals surface area contributed by atoms with Crippen molar-refractivity contribution in [3.05, 3.63) is 71.5 Å². The molecule has 2 aromatic carbocycles. The molecule has 2 saturated heterocycles. The number of sulfonamides is 1. The number of carbonyl (C=O) groups is 4. The number of hydrazine groups is 1. The van der Waals surface area contributed by atoms with E-state index >= 15 is 0 Å². The number of methoxy groups -OCH3 is 1. The molecule has 17 heteroatoms. The van der Waals surface area contributed by atoms with Gasteiger partial charge in [0.05, 0.1) is 35.8 Å². The fourth-order valence-corrected chi connectivity index (χ4v) is 11.2. The molecule has 16 nitrogen and oxygen atoms in total. The zero-order valence-electron chi connectivity index (χ0n) is 40.3. The molecular formula is C50H67N7O9S. The maximum Gasteiger partial charge on any atom is 0.324 e. The van der Waals surface area contributed by atoms with Gasteiger partial charge in [-0.05, 0) is 111 Å². The van der Waals surface area contributed by atoms with E-state index in [4.69, 9.17) is 14.5 Å². The topological polar surface area (TPSA) is 193 Å². The molecule has 67 heavy (non-hydrogen) atoms. The fourth-order valence-electron chi connectivity index (χ4n) is 10.0. The Bertz CT molecular complexity index is 2630. The minimum Gasteiger partial charge on any atom is -0.508 e. The summed E-state index contributed by atoms with van der Waals surface area (Å²) in [6.45, 7) is 14.7. The van der Waals surface area contributed by atoms with Gasteiger partial charge in [-0.15, -0.1) is 0 Å². The van der Waals surface area contributed by atoms with Crippen LogP contribution in [0.25, 0.3) is 33.3 Å². The molecule has 4 aromatic rings. The number of cyclic esters (lactones) is 1. The van der Waals surface area contributed by atoms with Crippen LogP contribution in [-0.4, -0.2) is 125 Å². The van der Waals surface area contributed by atoms with Crippen molar-refractivity contribution in [2.45, 2.75) is 111 Å². The molecule has 2 fully saturated rings. The van der Waals surface area contributed by atoms with Gasteiger partial charge in [-0.2, -0.15) is 0 Å². The molecule has 0 saturated carbocycles. The van der Waals surface area contributed by atoms with Crippen molar-refractivity contribution in [2.24, 2.45) is 17.3 Å². The Morgan fingerprint density at radius 3 is 2.52 bits per heavy atom. The normalized spacial score (nSPS) is 21.5. The van der Waals surface area contributed by atoms with Gasteiger partial charge in [-0.1, -0.05) is 39.8 Å². The summed E-state index contributed by atoms with van der Waals surface area (Å²) in [4.78, 5) is 63.3. The highest BCUT2D eigenvalue weighted by molar-refractivity contribution is 7.89. The summed E-state index contributed by atoms with van der Waals surface area (Å²) in [7, 11) is -0.293. The first-order chi connectivity index (χ1) is 31.8. The van der Waals surface area contributed by atoms with Gasteiger partial charge in [0, 0.05) is 74.8 Å². The summed E-state index contributed by atoms with van der Waals surface area (Å²) in [6, 6.07) is 12.3. The number of nitrogens with one attached hydrogen (secondary N) is 2. The number of benzene rings is 2. The van der Waals surface area contributed by atoms with Crippen molar-refractivity contribution in [1.29, 1.82) is 0 Å². The number of aryl methyl sites for hydroxylation is 1. The molecule has 5 atom stereocenters. The van der Waals surface area contributed by atoms with Crippen LogP contribution in [0.3, 0.4) is 0 Å². The molecule has 3 aliphatic rings. The van der Waals surface area contributed by atoms with Crippen LogP contribution in [0.5, 0.6) is 5.75 Å². The van der Waals surface area contributed by atoms with Crippen LogP contribution in [-0.2, 0) is 58.1 Å². The lowest BCUT2D eigenvalue weighted by atomic mass is 9.84. The summed E-state index contributed by atoms with van der Waals surface area (Å²) in [5.41, 5.74) is 9.42. The number of fused-ring (bicyclic) bond motifs is 6. The third-order valence-corrected chi connectivity index (χ3v) is 15.5. The zero-order valence-corrected chi connectivity index (χ0v) is 41.1. The predicted molar refractivity (Wildman–Crippen MR) is 256 cm³/mol. The molecule has 7 rings (SSSR count). The van der Waals surface area contributed by atoms with Gasteiger partial charge >= 0.3 is 5.97 Å². The smallest absolute Gasteiger partial charge is 0.324 e. The molecule has 2 aromatic heterocycles. The van der Waals surface area contributed by atoms with E-state index in [-0.39, 0.29) is 62.1 Å². The lowest BCUT2D eigenvalue weighted by Gasteiger charge is -2.37. The Hall–Kier alpha value is -5.36. The Balaban J connectivity index is 1.30. The van der Waals surface area contributed by atoms with Gasteiger partial charge in [0.1, 0.15) is 23.9 Å². The second-order valence-corrected chi connectivity index (χ2v) is 21.7. The van der Waals surface area contributed by atoms with Crippen molar-refractivity contribution < 1.29 is 42.2 Å². The summed E-state index contributed by atoms with van der Waals surface area (Å²) in [5.74, 6) is -3.03. The largest absolute Gasteiger partial charge is 0.508 e. The van der Waals surface area contributed by atoms with Gasteiger partial charge in [0.2, 0.25) is 21.8 Å². The van der Waals surface area contributed by atoms with Crippen molar-refractivity contribution in [2.75, 3.05) is 46.2 Å². The number of rotatable bonds is 11. The SMILES string of the molecule is CCn1c(-c2cccnc2[C@H](C)OC)c2c3cc(ccc31)-c1cc(O)cc(c1)C[C@H](NC(=O)[C@H](C(C)C)N(C)C(=O)[C@H]1CCN(S(=O)(=O)CC)C1)C(=O)N1CCC[C@H](N1)C(=O)OCC(C)(C)C2. The van der Waals surface area contributed by atoms with E-state index in [0.717, 1.165) is 39.0 Å². The first kappa shape index (κ1) is 49.5. The number of likely N-dealkylation sites (N-methyl/N-ethyl adjacent to an activating group) is 1. The number of phenols is 1. The number of amides is 3. The summed E-state index contributed by atoms with van der Waals surface area (Å²) in [5, 5.41) is 16.7. The molecule has 0 radical (unpaired) electrons. The summed E-state index contributed by atoms with van der Waals surface area (Å²) < 4.78 is 40.8. The molecule has 3 N–H and O–H groups in total. The van der Waals surface area contributed by atoms with Crippen molar-refractivity contribution in [1.82, 2.24) is 34.5 Å². The molecule has 3 aliphatic heterocycles. The first-order valence-corrected chi connectivity index (χ1v) is 25.1. The van der Waals surface area contributed by atoms with E-state index in [9.17, 15) is 32.7 Å². The Kier molecular flexibility index (Phi) is 14.8. The second kappa shape index (κ2) is 20.1. The molecule has 5 heterocycles. The van der Waals surface area contributed by atoms with E-state index in [1.165, 1.54) is 21.3 Å². The van der Waals surface area contributed by atoms with Crippen LogP contribution >= 0.6 is 0 Å². The lowest BCUT2D eigenvalue weighted by Crippen LogP contribution is -2.62. The predicted octanol–water partition coefficient (Wildman–Crippen LogP) is 5.61. The van der Waals surface area contributed by atoms with E-state index in [1.54, 1.807) is 32.4 Å². The number of nitrogens with zero attached hydrogens (tertiary/aromatic N) is 5. The Labute approximate surface area is 394 Å². The highest BCUT2D eigenvalue weighted by Gasteiger charge is 2.41. The van der Waals surface area contributed by atoms with Gasteiger partial charge < -0.3 is 29.4 Å². The molecule has 362 valence electrons. The number of esters is 1. The second-order valence-electron chi connectivity index (χ2n) is 19.4. The number of hydrogen-bond acceptors (Lipinski definition) is 11. The van der Waals surface area contributed by atoms with Crippen LogP contribution in [0.2, 0.25) is 0 Å². The van der Waals surface area contributed by atoms with E-state index in [2.05, 4.69) is 54.3 Å². The van der Waals surface area contributed by atoms with E-state index in [1.807, 2.05) is 39.0 Å². The fraction of sp³-hybridized carbons (Fsp3) is 0.540. The monoisotopic (exact) mass is 941 g/mol. The van der Waals surface area contributed by atoms with Gasteiger partial charge in [0.15, 0.2) is 0 Å². The van der Waals surface area contributed by atoms with E-state index < -0.39 is 57.3 Å².